The molecule has 3 aromatic rings. The number of carbonyl (C=O) groups is 1. The molecule has 0 radical (unpaired) electrons. The van der Waals surface area contributed by atoms with E-state index in [0.29, 0.717) is 6.07 Å². The Morgan fingerprint density at radius 3 is 2.10 bits per heavy atom. The van der Waals surface area contributed by atoms with Crippen LogP contribution in [-0.2, 0) is 16.6 Å². The highest BCUT2D eigenvalue weighted by atomic mass is 32.2. The molecule has 0 unspecified atom stereocenters. The normalized spacial score (nSPS) is 11.1. The summed E-state index contributed by atoms with van der Waals surface area (Å²) in [6, 6.07) is 13.5. The molecule has 2 N–H and O–H groups in total. The fourth-order valence-corrected chi connectivity index (χ4v) is 3.50. The van der Waals surface area contributed by atoms with Gasteiger partial charge in [0.25, 0.3) is 15.9 Å². The Hall–Kier alpha value is -3.33. The summed E-state index contributed by atoms with van der Waals surface area (Å²) < 4.78 is 65.9. The second-order valence-corrected chi connectivity index (χ2v) is 7.75. The lowest BCUT2D eigenvalue weighted by atomic mass is 10.2. The number of nitrogens with one attached hydrogen (secondary N) is 2. The number of anilines is 1. The molecule has 0 heterocycles. The summed E-state index contributed by atoms with van der Waals surface area (Å²) in [5.74, 6) is -3.20. The minimum Gasteiger partial charge on any atom is -0.348 e. The van der Waals surface area contributed by atoms with Gasteiger partial charge in [-0.1, -0.05) is 12.1 Å². The highest BCUT2D eigenvalue weighted by Crippen LogP contribution is 2.19. The van der Waals surface area contributed by atoms with E-state index >= 15 is 0 Å². The van der Waals surface area contributed by atoms with Gasteiger partial charge >= 0.3 is 0 Å². The van der Waals surface area contributed by atoms with Crippen LogP contribution in [0.3, 0.4) is 0 Å². The van der Waals surface area contributed by atoms with Crippen LogP contribution in [0.1, 0.15) is 15.9 Å². The molecule has 29 heavy (non-hydrogen) atoms. The Balaban J connectivity index is 1.65. The lowest BCUT2D eigenvalue weighted by molar-refractivity contribution is 0.0951. The molecule has 1 amide bonds. The van der Waals surface area contributed by atoms with Gasteiger partial charge in [0, 0.05) is 17.8 Å². The summed E-state index contributed by atoms with van der Waals surface area (Å²) in [6.45, 7) is 0.198. The van der Waals surface area contributed by atoms with Crippen molar-refractivity contribution in [3.8, 4) is 0 Å². The molecule has 0 aliphatic rings. The maximum atomic E-state index is 13.3. The van der Waals surface area contributed by atoms with Crippen molar-refractivity contribution in [3.05, 3.63) is 95.3 Å². The van der Waals surface area contributed by atoms with Crippen molar-refractivity contribution in [3.63, 3.8) is 0 Å². The summed E-state index contributed by atoms with van der Waals surface area (Å²) in [6.07, 6.45) is 0. The number of hydrogen-bond acceptors (Lipinski definition) is 3. The van der Waals surface area contributed by atoms with Gasteiger partial charge in [-0.2, -0.15) is 0 Å². The second-order valence-electron chi connectivity index (χ2n) is 6.07. The van der Waals surface area contributed by atoms with Crippen molar-refractivity contribution in [2.75, 3.05) is 4.72 Å². The number of carbonyl (C=O) groups excluding carboxylic acids is 1. The predicted molar refractivity (Wildman–Crippen MR) is 101 cm³/mol. The van der Waals surface area contributed by atoms with Gasteiger partial charge in [0.1, 0.15) is 5.82 Å². The average molecular weight is 420 g/mol. The molecule has 9 heteroatoms. The SMILES string of the molecule is O=C(NCc1ccc(F)cc1)c1ccc(NS(=O)(=O)c2ccc(F)c(F)c2)cc1. The zero-order chi connectivity index (χ0) is 21.0. The molecule has 5 nitrogen and oxygen atoms in total. The molecule has 0 aromatic heterocycles. The van der Waals surface area contributed by atoms with E-state index in [1.807, 2.05) is 0 Å². The summed E-state index contributed by atoms with van der Waals surface area (Å²) in [4.78, 5) is 11.7. The Kier molecular flexibility index (Phi) is 5.88. The van der Waals surface area contributed by atoms with Crippen molar-refractivity contribution in [1.82, 2.24) is 5.32 Å². The molecule has 150 valence electrons. The number of sulfonamides is 1. The van der Waals surface area contributed by atoms with Gasteiger partial charge in [-0.25, -0.2) is 21.6 Å². The van der Waals surface area contributed by atoms with E-state index in [-0.39, 0.29) is 23.6 Å². The Morgan fingerprint density at radius 1 is 0.828 bits per heavy atom. The van der Waals surface area contributed by atoms with E-state index in [2.05, 4.69) is 10.0 Å². The van der Waals surface area contributed by atoms with E-state index in [1.165, 1.54) is 36.4 Å². The highest BCUT2D eigenvalue weighted by molar-refractivity contribution is 7.92. The lowest BCUT2D eigenvalue weighted by Gasteiger charge is -2.10. The Morgan fingerprint density at radius 2 is 1.48 bits per heavy atom. The fourth-order valence-electron chi connectivity index (χ4n) is 2.43. The van der Waals surface area contributed by atoms with Crippen LogP contribution in [0.2, 0.25) is 0 Å². The summed E-state index contributed by atoms with van der Waals surface area (Å²) >= 11 is 0. The third-order valence-electron chi connectivity index (χ3n) is 3.97. The quantitative estimate of drug-likeness (QED) is 0.636. The first-order valence-electron chi connectivity index (χ1n) is 8.35. The van der Waals surface area contributed by atoms with Crippen LogP contribution in [0.25, 0.3) is 0 Å². The van der Waals surface area contributed by atoms with Crippen LogP contribution < -0.4 is 10.0 Å². The van der Waals surface area contributed by atoms with E-state index in [0.717, 1.165) is 17.7 Å². The maximum Gasteiger partial charge on any atom is 0.261 e. The van der Waals surface area contributed by atoms with Crippen LogP contribution >= 0.6 is 0 Å². The minimum atomic E-state index is -4.12. The number of halogens is 3. The van der Waals surface area contributed by atoms with Crippen molar-refractivity contribution in [2.45, 2.75) is 11.4 Å². The standard InChI is InChI=1S/C20H15F3N2O3S/c21-15-5-1-13(2-6-15)12-24-20(26)14-3-7-16(8-4-14)25-29(27,28)17-9-10-18(22)19(23)11-17/h1-11,25H,12H2,(H,24,26). The zero-order valence-electron chi connectivity index (χ0n) is 14.8. The van der Waals surface area contributed by atoms with E-state index in [1.54, 1.807) is 12.1 Å². The van der Waals surface area contributed by atoms with Crippen LogP contribution in [0.15, 0.2) is 71.6 Å². The monoisotopic (exact) mass is 420 g/mol. The molecule has 0 atom stereocenters. The number of amides is 1. The van der Waals surface area contributed by atoms with Crippen LogP contribution in [0.5, 0.6) is 0 Å². The molecule has 3 aromatic carbocycles. The van der Waals surface area contributed by atoms with Gasteiger partial charge in [-0.05, 0) is 60.2 Å². The van der Waals surface area contributed by atoms with Crippen LogP contribution in [0, 0.1) is 17.5 Å². The third-order valence-corrected chi connectivity index (χ3v) is 5.35. The first-order chi connectivity index (χ1) is 13.7. The smallest absolute Gasteiger partial charge is 0.261 e. The largest absolute Gasteiger partial charge is 0.348 e. The molecule has 0 spiro atoms. The molecular weight excluding hydrogens is 405 g/mol. The summed E-state index contributed by atoms with van der Waals surface area (Å²) in [5, 5.41) is 2.66. The molecule has 3 rings (SSSR count). The Labute approximate surface area is 165 Å². The van der Waals surface area contributed by atoms with Crippen LogP contribution in [-0.4, -0.2) is 14.3 Å². The summed E-state index contributed by atoms with van der Waals surface area (Å²) in [7, 11) is -4.12. The van der Waals surface area contributed by atoms with Crippen molar-refractivity contribution < 1.29 is 26.4 Å². The molecule has 0 aliphatic carbocycles. The minimum absolute atomic E-state index is 0.143. The van der Waals surface area contributed by atoms with E-state index < -0.39 is 32.5 Å². The van der Waals surface area contributed by atoms with Gasteiger partial charge in [-0.15, -0.1) is 0 Å². The van der Waals surface area contributed by atoms with Gasteiger partial charge in [0.05, 0.1) is 4.90 Å². The van der Waals surface area contributed by atoms with Crippen molar-refractivity contribution >= 4 is 21.6 Å². The first-order valence-corrected chi connectivity index (χ1v) is 9.83. The maximum absolute atomic E-state index is 13.3. The topological polar surface area (TPSA) is 75.3 Å². The number of hydrogen-bond donors (Lipinski definition) is 2. The predicted octanol–water partition coefficient (Wildman–Crippen LogP) is 3.83. The molecule has 0 bridgehead atoms. The van der Waals surface area contributed by atoms with E-state index in [4.69, 9.17) is 0 Å². The highest BCUT2D eigenvalue weighted by Gasteiger charge is 2.17. The second kappa shape index (κ2) is 8.36. The zero-order valence-corrected chi connectivity index (χ0v) is 15.6. The molecule has 0 fully saturated rings. The molecular formula is C20H15F3N2O3S. The van der Waals surface area contributed by atoms with Crippen molar-refractivity contribution in [2.24, 2.45) is 0 Å². The molecule has 0 saturated carbocycles. The van der Waals surface area contributed by atoms with E-state index in [9.17, 15) is 26.4 Å². The fraction of sp³-hybridized carbons (Fsp3) is 0.0500. The third kappa shape index (κ3) is 5.14. The Bertz CT molecular complexity index is 1130. The van der Waals surface area contributed by atoms with Gasteiger partial charge in [-0.3, -0.25) is 9.52 Å². The van der Waals surface area contributed by atoms with Gasteiger partial charge in [0.15, 0.2) is 11.6 Å². The van der Waals surface area contributed by atoms with Gasteiger partial charge in [0.2, 0.25) is 0 Å². The number of rotatable bonds is 6. The number of benzene rings is 3. The van der Waals surface area contributed by atoms with Crippen molar-refractivity contribution in [1.29, 1.82) is 0 Å². The lowest BCUT2D eigenvalue weighted by Crippen LogP contribution is -2.22. The molecule has 0 aliphatic heterocycles. The van der Waals surface area contributed by atoms with Crippen LogP contribution in [0.4, 0.5) is 18.9 Å². The molecule has 0 saturated heterocycles. The first kappa shape index (κ1) is 20.4. The average Bonchev–Trinajstić information content (AvgIpc) is 2.69. The van der Waals surface area contributed by atoms with Gasteiger partial charge < -0.3 is 5.32 Å². The summed E-state index contributed by atoms with van der Waals surface area (Å²) in [5.41, 5.74) is 1.14.